The van der Waals surface area contributed by atoms with Crippen molar-refractivity contribution in [2.75, 3.05) is 38.7 Å². The van der Waals surface area contributed by atoms with Crippen molar-refractivity contribution in [1.82, 2.24) is 19.7 Å². The van der Waals surface area contributed by atoms with E-state index in [0.717, 1.165) is 32.2 Å². The number of hydrogen-bond donors (Lipinski definition) is 5. The Hall–Kier alpha value is -1.81. The van der Waals surface area contributed by atoms with E-state index >= 15 is 0 Å². The number of anilines is 1. The van der Waals surface area contributed by atoms with Gasteiger partial charge >= 0.3 is 23.5 Å². The van der Waals surface area contributed by atoms with Crippen molar-refractivity contribution in [2.24, 2.45) is 4.99 Å². The second kappa shape index (κ2) is 14.4. The van der Waals surface area contributed by atoms with Crippen molar-refractivity contribution < 1.29 is 56.0 Å². The minimum Gasteiger partial charge on any atom is -0.408 e. The van der Waals surface area contributed by atoms with Gasteiger partial charge < -0.3 is 39.5 Å². The molecule has 37 heavy (non-hydrogen) atoms. The molecule has 3 atom stereocenters. The van der Waals surface area contributed by atoms with E-state index in [0.29, 0.717) is 23.5 Å². The van der Waals surface area contributed by atoms with Crippen LogP contribution in [0, 0.1) is 0 Å². The maximum Gasteiger partial charge on any atom is 0.490 e. The zero-order valence-electron chi connectivity index (χ0n) is 19.7. The molecular formula is C16H29N6O12P3. The van der Waals surface area contributed by atoms with Gasteiger partial charge in [-0.1, -0.05) is 12.8 Å². The number of unbranched alkanes of at least 4 members (excludes halogenated alkanes) is 3. The number of ether oxygens (including phenoxy) is 1. The molecule has 2 heterocycles. The summed E-state index contributed by atoms with van der Waals surface area (Å²) in [6.07, 6.45) is 5.64. The number of imidazole rings is 1. The predicted molar refractivity (Wildman–Crippen MR) is 129 cm³/mol. The van der Waals surface area contributed by atoms with Gasteiger partial charge in [0.1, 0.15) is 25.4 Å². The standard InChI is InChI=1S/C16H29N6O12P3/c1-17-7-5-3-4-6-8-18-15-14-16(20-11-19-15)22(12-21-14)31-9-13(30-2)10-32-36(26,27)34-37(28,29)33-35(23,24)25/h11-13H,1,3-10H2,2H3,(H,26,27)(H,28,29)(H,18,19,20)(H2,23,24,25)/t13-/m0/s1. The zero-order valence-corrected chi connectivity index (χ0v) is 22.4. The van der Waals surface area contributed by atoms with E-state index in [9.17, 15) is 23.5 Å². The molecule has 0 aliphatic rings. The molecule has 0 spiro atoms. The molecule has 0 saturated carbocycles. The molecule has 21 heteroatoms. The molecule has 0 aromatic carbocycles. The predicted octanol–water partition coefficient (Wildman–Crippen LogP) is 1.29. The molecule has 2 unspecified atom stereocenters. The first kappa shape index (κ1) is 31.4. The van der Waals surface area contributed by atoms with Crippen molar-refractivity contribution in [1.29, 1.82) is 0 Å². The number of aromatic nitrogens is 4. The summed E-state index contributed by atoms with van der Waals surface area (Å²) in [5, 5.41) is 3.20. The smallest absolute Gasteiger partial charge is 0.408 e. The normalized spacial score (nSPS) is 16.1. The Morgan fingerprint density at radius 1 is 1.03 bits per heavy atom. The van der Waals surface area contributed by atoms with Gasteiger partial charge in [-0.05, 0) is 19.6 Å². The number of hydrogen-bond acceptors (Lipinski definition) is 13. The van der Waals surface area contributed by atoms with Crippen molar-refractivity contribution in [2.45, 2.75) is 31.8 Å². The summed E-state index contributed by atoms with van der Waals surface area (Å²) < 4.78 is 52.1. The van der Waals surface area contributed by atoms with E-state index in [4.69, 9.17) is 19.4 Å². The van der Waals surface area contributed by atoms with Crippen LogP contribution >= 0.6 is 23.5 Å². The number of aliphatic imine (C=N–C) groups is 1. The van der Waals surface area contributed by atoms with Crippen LogP contribution in [0.15, 0.2) is 17.6 Å². The lowest BCUT2D eigenvalue weighted by Gasteiger charge is -2.19. The Kier molecular flexibility index (Phi) is 12.2. The number of phosphoric ester groups is 1. The molecule has 0 fully saturated rings. The Morgan fingerprint density at radius 3 is 2.43 bits per heavy atom. The van der Waals surface area contributed by atoms with Gasteiger partial charge in [-0.2, -0.15) is 13.4 Å². The molecule has 18 nitrogen and oxygen atoms in total. The van der Waals surface area contributed by atoms with Gasteiger partial charge in [-0.3, -0.25) is 4.52 Å². The first-order chi connectivity index (χ1) is 17.4. The topological polar surface area (TPSA) is 246 Å². The Bertz CT molecular complexity index is 1160. The quantitative estimate of drug-likeness (QED) is 0.0878. The van der Waals surface area contributed by atoms with Gasteiger partial charge in [0.05, 0.1) is 6.61 Å². The van der Waals surface area contributed by atoms with Crippen LogP contribution in [0.2, 0.25) is 0 Å². The molecule has 0 bridgehead atoms. The van der Waals surface area contributed by atoms with E-state index in [1.807, 2.05) is 0 Å². The minimum atomic E-state index is -5.62. The number of methoxy groups -OCH3 is 1. The first-order valence-electron chi connectivity index (χ1n) is 10.6. The number of nitrogens with zero attached hydrogens (tertiary/aromatic N) is 5. The van der Waals surface area contributed by atoms with Crippen LogP contribution in [-0.4, -0.2) is 85.5 Å². The Morgan fingerprint density at radius 2 is 1.76 bits per heavy atom. The fourth-order valence-electron chi connectivity index (χ4n) is 2.78. The summed E-state index contributed by atoms with van der Waals surface area (Å²) in [6, 6.07) is 0. The molecular weight excluding hydrogens is 561 g/mol. The zero-order chi connectivity index (χ0) is 27.5. The second-order valence-electron chi connectivity index (χ2n) is 7.29. The summed E-state index contributed by atoms with van der Waals surface area (Å²) in [6.45, 7) is 3.93. The summed E-state index contributed by atoms with van der Waals surface area (Å²) in [5.74, 6) is 0.510. The molecule has 0 saturated heterocycles. The van der Waals surface area contributed by atoms with Gasteiger partial charge in [-0.15, -0.1) is 0 Å². The third kappa shape index (κ3) is 11.6. The van der Waals surface area contributed by atoms with Gasteiger partial charge in [0, 0.05) is 20.2 Å². The third-order valence-electron chi connectivity index (χ3n) is 4.41. The highest BCUT2D eigenvalue weighted by molar-refractivity contribution is 7.66. The van der Waals surface area contributed by atoms with Crippen molar-refractivity contribution in [3.05, 3.63) is 12.7 Å². The third-order valence-corrected chi connectivity index (χ3v) is 8.21. The molecule has 0 amide bonds. The number of nitrogens with one attached hydrogen (secondary N) is 1. The van der Waals surface area contributed by atoms with Gasteiger partial charge in [-0.25, -0.2) is 28.6 Å². The van der Waals surface area contributed by atoms with Crippen LogP contribution in [0.4, 0.5) is 5.82 Å². The van der Waals surface area contributed by atoms with E-state index in [1.54, 1.807) is 0 Å². The maximum absolute atomic E-state index is 11.9. The average Bonchev–Trinajstić information content (AvgIpc) is 3.20. The molecule has 2 rings (SSSR count). The summed E-state index contributed by atoms with van der Waals surface area (Å²) in [4.78, 5) is 57.8. The fraction of sp³-hybridized carbons (Fsp3) is 0.625. The fourth-order valence-corrected chi connectivity index (χ4v) is 5.82. The number of phosphoric acid groups is 3. The molecule has 210 valence electrons. The average molecular weight is 590 g/mol. The Labute approximate surface area is 211 Å². The van der Waals surface area contributed by atoms with Crippen molar-refractivity contribution >= 4 is 47.2 Å². The summed E-state index contributed by atoms with van der Waals surface area (Å²) in [5.41, 5.74) is 0.776. The minimum absolute atomic E-state index is 0.260. The van der Waals surface area contributed by atoms with Gasteiger partial charge in [0.2, 0.25) is 5.65 Å². The Balaban J connectivity index is 1.89. The lowest BCUT2D eigenvalue weighted by atomic mass is 10.2. The van der Waals surface area contributed by atoms with Crippen molar-refractivity contribution in [3.63, 3.8) is 0 Å². The van der Waals surface area contributed by atoms with E-state index < -0.39 is 36.2 Å². The SMILES string of the molecule is C=NCCCCCCNc1ncnc2c1ncn2OC[C@@H](COP(=O)(O)OP(=O)(O)OP(=O)(O)O)OC. The summed E-state index contributed by atoms with van der Waals surface area (Å²) in [7, 11) is -15.2. The van der Waals surface area contributed by atoms with E-state index in [1.165, 1.54) is 24.5 Å². The second-order valence-corrected chi connectivity index (χ2v) is 11.7. The lowest BCUT2D eigenvalue weighted by Crippen LogP contribution is -2.29. The molecule has 0 radical (unpaired) electrons. The maximum atomic E-state index is 11.9. The number of fused-ring (bicyclic) bond motifs is 1. The van der Waals surface area contributed by atoms with Crippen LogP contribution in [0.5, 0.6) is 0 Å². The highest BCUT2D eigenvalue weighted by Gasteiger charge is 2.41. The monoisotopic (exact) mass is 590 g/mol. The lowest BCUT2D eigenvalue weighted by molar-refractivity contribution is -0.0219. The molecule has 0 aliphatic heterocycles. The molecule has 5 N–H and O–H groups in total. The highest BCUT2D eigenvalue weighted by atomic mass is 31.3. The number of rotatable bonds is 19. The van der Waals surface area contributed by atoms with Crippen LogP contribution in [0.1, 0.15) is 25.7 Å². The molecule has 2 aromatic rings. The highest BCUT2D eigenvalue weighted by Crippen LogP contribution is 2.66. The molecule has 0 aliphatic carbocycles. The van der Waals surface area contributed by atoms with Crippen LogP contribution in [0.3, 0.4) is 0 Å². The van der Waals surface area contributed by atoms with Crippen LogP contribution in [-0.2, 0) is 31.6 Å². The van der Waals surface area contributed by atoms with Gasteiger partial charge in [0.15, 0.2) is 11.3 Å². The van der Waals surface area contributed by atoms with E-state index in [2.05, 4.69) is 45.1 Å². The van der Waals surface area contributed by atoms with Crippen LogP contribution in [0.25, 0.3) is 11.2 Å². The van der Waals surface area contributed by atoms with Gasteiger partial charge in [0.25, 0.3) is 0 Å². The van der Waals surface area contributed by atoms with Crippen LogP contribution < -0.4 is 10.2 Å². The van der Waals surface area contributed by atoms with E-state index in [-0.39, 0.29) is 6.61 Å². The first-order valence-corrected chi connectivity index (χ1v) is 15.2. The largest absolute Gasteiger partial charge is 0.490 e. The molecule has 2 aromatic heterocycles. The van der Waals surface area contributed by atoms with Crippen molar-refractivity contribution in [3.8, 4) is 0 Å². The summed E-state index contributed by atoms with van der Waals surface area (Å²) >= 11 is 0.